The van der Waals surface area contributed by atoms with Crippen molar-refractivity contribution in [1.29, 1.82) is 0 Å². The third kappa shape index (κ3) is 2.73. The van der Waals surface area contributed by atoms with Gasteiger partial charge in [0, 0.05) is 0 Å². The predicted molar refractivity (Wildman–Crippen MR) is 74.0 cm³/mol. The molecule has 2 unspecified atom stereocenters. The van der Waals surface area contributed by atoms with E-state index in [2.05, 4.69) is 4.98 Å². The minimum absolute atomic E-state index is 0.377. The molecular weight excluding hydrogens is 240 g/mol. The van der Waals surface area contributed by atoms with Crippen LogP contribution in [0.25, 0.3) is 11.1 Å². The monoisotopic (exact) mass is 260 g/mol. The molecule has 4 nitrogen and oxygen atoms in total. The van der Waals surface area contributed by atoms with E-state index in [9.17, 15) is 0 Å². The van der Waals surface area contributed by atoms with Gasteiger partial charge in [0.25, 0.3) is 0 Å². The molecule has 1 saturated carbocycles. The number of nitrogens with zero attached hydrogens (tertiary/aromatic N) is 1. The Bertz CT molecular complexity index is 505. The Morgan fingerprint density at radius 2 is 2.00 bits per heavy atom. The van der Waals surface area contributed by atoms with Crippen LogP contribution < -0.4 is 10.5 Å². The first-order chi connectivity index (χ1) is 9.36. The van der Waals surface area contributed by atoms with Gasteiger partial charge in [0.05, 0.1) is 6.61 Å². The maximum Gasteiger partial charge on any atom is 0.394 e. The Hall–Kier alpha value is -1.55. The van der Waals surface area contributed by atoms with Gasteiger partial charge in [-0.15, -0.1) is 0 Å². The summed E-state index contributed by atoms with van der Waals surface area (Å²) in [6.45, 7) is 1.41. The molecule has 2 aromatic rings. The van der Waals surface area contributed by atoms with Crippen molar-refractivity contribution in [2.24, 2.45) is 17.6 Å². The van der Waals surface area contributed by atoms with Crippen molar-refractivity contribution in [3.8, 4) is 6.08 Å². The highest BCUT2D eigenvalue weighted by atomic mass is 16.6. The van der Waals surface area contributed by atoms with Crippen molar-refractivity contribution in [3.05, 3.63) is 24.3 Å². The second kappa shape index (κ2) is 5.61. The van der Waals surface area contributed by atoms with E-state index in [-0.39, 0.29) is 0 Å². The van der Waals surface area contributed by atoms with E-state index in [4.69, 9.17) is 14.9 Å². The molecule has 1 aliphatic rings. The largest absolute Gasteiger partial charge is 0.450 e. The van der Waals surface area contributed by atoms with E-state index in [0.717, 1.165) is 17.6 Å². The molecule has 19 heavy (non-hydrogen) atoms. The molecule has 0 amide bonds. The normalized spacial score (nSPS) is 23.6. The molecule has 0 aliphatic heterocycles. The van der Waals surface area contributed by atoms with E-state index in [1.54, 1.807) is 0 Å². The lowest BCUT2D eigenvalue weighted by atomic mass is 9.80. The SMILES string of the molecule is NCC1CCCCC1COc1nc2ccccc2o1. The number of rotatable bonds is 4. The van der Waals surface area contributed by atoms with E-state index >= 15 is 0 Å². The van der Waals surface area contributed by atoms with Crippen molar-refractivity contribution < 1.29 is 9.15 Å². The van der Waals surface area contributed by atoms with Crippen LogP contribution in [-0.2, 0) is 0 Å². The average Bonchev–Trinajstić information content (AvgIpc) is 2.88. The van der Waals surface area contributed by atoms with Gasteiger partial charge in [-0.2, -0.15) is 4.98 Å². The van der Waals surface area contributed by atoms with Gasteiger partial charge in [-0.3, -0.25) is 0 Å². The van der Waals surface area contributed by atoms with Gasteiger partial charge in [0.1, 0.15) is 5.52 Å². The summed E-state index contributed by atoms with van der Waals surface area (Å²) in [6.07, 6.45) is 5.36. The lowest BCUT2D eigenvalue weighted by molar-refractivity contribution is 0.128. The van der Waals surface area contributed by atoms with Crippen LogP contribution in [0.2, 0.25) is 0 Å². The molecular formula is C15H20N2O2. The van der Waals surface area contributed by atoms with Crippen molar-refractivity contribution >= 4 is 11.1 Å². The maximum absolute atomic E-state index is 5.83. The molecule has 0 bridgehead atoms. The number of nitrogens with two attached hydrogens (primary N) is 1. The minimum Gasteiger partial charge on any atom is -0.450 e. The minimum atomic E-state index is 0.377. The summed E-state index contributed by atoms with van der Waals surface area (Å²) >= 11 is 0. The smallest absolute Gasteiger partial charge is 0.394 e. The molecule has 4 heteroatoms. The Balaban J connectivity index is 1.64. The van der Waals surface area contributed by atoms with Gasteiger partial charge in [0.2, 0.25) is 0 Å². The molecule has 0 radical (unpaired) electrons. The highest BCUT2D eigenvalue weighted by Crippen LogP contribution is 2.30. The standard InChI is InChI=1S/C15H20N2O2/c16-9-11-5-1-2-6-12(11)10-18-15-17-13-7-3-4-8-14(13)19-15/h3-4,7-8,11-12H,1-2,5-6,9-10,16H2. The van der Waals surface area contributed by atoms with E-state index < -0.39 is 0 Å². The van der Waals surface area contributed by atoms with Crippen molar-refractivity contribution in [2.45, 2.75) is 25.7 Å². The van der Waals surface area contributed by atoms with Crippen molar-refractivity contribution in [2.75, 3.05) is 13.2 Å². The second-order valence-corrected chi connectivity index (χ2v) is 5.30. The predicted octanol–water partition coefficient (Wildman–Crippen LogP) is 2.97. The quantitative estimate of drug-likeness (QED) is 0.918. The van der Waals surface area contributed by atoms with Crippen LogP contribution in [0.3, 0.4) is 0 Å². The maximum atomic E-state index is 5.83. The van der Waals surface area contributed by atoms with E-state index in [1.807, 2.05) is 24.3 Å². The van der Waals surface area contributed by atoms with Gasteiger partial charge >= 0.3 is 6.08 Å². The molecule has 1 aromatic heterocycles. The number of fused-ring (bicyclic) bond motifs is 1. The fourth-order valence-corrected chi connectivity index (χ4v) is 2.91. The van der Waals surface area contributed by atoms with Crippen LogP contribution in [-0.4, -0.2) is 18.1 Å². The average molecular weight is 260 g/mol. The Labute approximate surface area is 112 Å². The summed E-state index contributed by atoms with van der Waals surface area (Å²) in [5.74, 6) is 1.12. The zero-order chi connectivity index (χ0) is 13.1. The van der Waals surface area contributed by atoms with Gasteiger partial charge in [-0.05, 0) is 43.4 Å². The Morgan fingerprint density at radius 1 is 1.21 bits per heavy atom. The van der Waals surface area contributed by atoms with Gasteiger partial charge in [-0.25, -0.2) is 0 Å². The van der Waals surface area contributed by atoms with E-state index in [1.165, 1.54) is 25.7 Å². The summed E-state index contributed by atoms with van der Waals surface area (Å²) in [7, 11) is 0. The second-order valence-electron chi connectivity index (χ2n) is 5.30. The highest BCUT2D eigenvalue weighted by molar-refractivity contribution is 5.72. The fourth-order valence-electron chi connectivity index (χ4n) is 2.91. The van der Waals surface area contributed by atoms with Gasteiger partial charge < -0.3 is 14.9 Å². The van der Waals surface area contributed by atoms with Crippen LogP contribution in [0.15, 0.2) is 28.7 Å². The lowest BCUT2D eigenvalue weighted by Gasteiger charge is -2.29. The summed E-state index contributed by atoms with van der Waals surface area (Å²) in [5.41, 5.74) is 7.45. The van der Waals surface area contributed by atoms with Crippen molar-refractivity contribution in [1.82, 2.24) is 4.98 Å². The Morgan fingerprint density at radius 3 is 2.79 bits per heavy atom. The summed E-state index contributed by atoms with van der Waals surface area (Å²) < 4.78 is 11.3. The number of aromatic nitrogens is 1. The lowest BCUT2D eigenvalue weighted by Crippen LogP contribution is -2.30. The zero-order valence-electron chi connectivity index (χ0n) is 11.0. The number of benzene rings is 1. The number of hydrogen-bond donors (Lipinski definition) is 1. The number of hydrogen-bond acceptors (Lipinski definition) is 4. The zero-order valence-corrected chi connectivity index (χ0v) is 11.0. The van der Waals surface area contributed by atoms with E-state index in [0.29, 0.717) is 24.5 Å². The molecule has 1 aliphatic carbocycles. The first-order valence-corrected chi connectivity index (χ1v) is 7.05. The number of para-hydroxylation sites is 2. The first-order valence-electron chi connectivity index (χ1n) is 7.05. The van der Waals surface area contributed by atoms with Crippen molar-refractivity contribution in [3.63, 3.8) is 0 Å². The molecule has 1 fully saturated rings. The third-order valence-electron chi connectivity index (χ3n) is 4.06. The molecule has 1 aromatic carbocycles. The summed E-state index contributed by atoms with van der Waals surface area (Å²) in [6, 6.07) is 7.70. The molecule has 1 heterocycles. The molecule has 3 rings (SSSR count). The first kappa shape index (κ1) is 12.5. The topological polar surface area (TPSA) is 61.3 Å². The molecule has 2 N–H and O–H groups in total. The Kier molecular flexibility index (Phi) is 3.69. The van der Waals surface area contributed by atoms with Crippen LogP contribution >= 0.6 is 0 Å². The number of ether oxygens (including phenoxy) is 1. The van der Waals surface area contributed by atoms with Crippen LogP contribution in [0.5, 0.6) is 6.08 Å². The fraction of sp³-hybridized carbons (Fsp3) is 0.533. The molecule has 2 atom stereocenters. The van der Waals surface area contributed by atoms with Gasteiger partial charge in [0.15, 0.2) is 5.58 Å². The summed E-state index contributed by atoms with van der Waals surface area (Å²) in [4.78, 5) is 4.33. The van der Waals surface area contributed by atoms with Gasteiger partial charge in [-0.1, -0.05) is 25.0 Å². The molecule has 102 valence electrons. The highest BCUT2D eigenvalue weighted by Gasteiger charge is 2.25. The number of oxazole rings is 1. The molecule has 0 spiro atoms. The van der Waals surface area contributed by atoms with Crippen LogP contribution in [0.1, 0.15) is 25.7 Å². The summed E-state index contributed by atoms with van der Waals surface area (Å²) in [5, 5.41) is 0. The van der Waals surface area contributed by atoms with Crippen LogP contribution in [0.4, 0.5) is 0 Å². The molecule has 0 saturated heterocycles. The van der Waals surface area contributed by atoms with Crippen LogP contribution in [0, 0.1) is 11.8 Å². The third-order valence-corrected chi connectivity index (χ3v) is 4.06.